The molecule has 178 valence electrons. The fourth-order valence-electron chi connectivity index (χ4n) is 3.97. The molecule has 2 aromatic carbocycles. The molecule has 8 heteroatoms. The Balaban J connectivity index is 1.82. The minimum atomic E-state index is -0.893. The Labute approximate surface area is 202 Å². The van der Waals surface area contributed by atoms with Crippen molar-refractivity contribution in [3.8, 4) is 5.75 Å². The van der Waals surface area contributed by atoms with Gasteiger partial charge in [0.25, 0.3) is 11.7 Å². The summed E-state index contributed by atoms with van der Waals surface area (Å²) in [7, 11) is 0. The van der Waals surface area contributed by atoms with Gasteiger partial charge in [0.2, 0.25) is 5.91 Å². The Hall–Kier alpha value is -4.46. The number of hydrogen-bond donors (Lipinski definition) is 2. The molecule has 2 heterocycles. The summed E-state index contributed by atoms with van der Waals surface area (Å²) < 4.78 is 5.66. The van der Waals surface area contributed by atoms with E-state index in [2.05, 4.69) is 10.3 Å². The number of carbonyl (C=O) groups is 3. The molecule has 3 aromatic rings. The Morgan fingerprint density at radius 2 is 1.89 bits per heavy atom. The third-order valence-electron chi connectivity index (χ3n) is 5.49. The van der Waals surface area contributed by atoms with Gasteiger partial charge in [0, 0.05) is 36.3 Å². The van der Waals surface area contributed by atoms with Crippen LogP contribution in [0, 0.1) is 0 Å². The fraction of sp³-hybridized carbons (Fsp3) is 0.185. The quantitative estimate of drug-likeness (QED) is 0.299. The van der Waals surface area contributed by atoms with Crippen molar-refractivity contribution in [1.82, 2.24) is 4.98 Å². The summed E-state index contributed by atoms with van der Waals surface area (Å²) in [5.41, 5.74) is 1.89. The van der Waals surface area contributed by atoms with Gasteiger partial charge in [0.05, 0.1) is 18.2 Å². The van der Waals surface area contributed by atoms with Crippen LogP contribution in [0.15, 0.2) is 78.6 Å². The van der Waals surface area contributed by atoms with Crippen molar-refractivity contribution < 1.29 is 24.2 Å². The van der Waals surface area contributed by atoms with Crippen molar-refractivity contribution in [3.05, 3.63) is 89.8 Å². The number of carbonyl (C=O) groups excluding carboxylic acids is 3. The molecule has 0 saturated carbocycles. The van der Waals surface area contributed by atoms with E-state index in [-0.39, 0.29) is 17.2 Å². The molecule has 1 atom stereocenters. The second-order valence-corrected chi connectivity index (χ2v) is 8.06. The van der Waals surface area contributed by atoms with Crippen LogP contribution in [0.1, 0.15) is 37.4 Å². The zero-order valence-corrected chi connectivity index (χ0v) is 19.4. The number of rotatable bonds is 7. The van der Waals surface area contributed by atoms with Gasteiger partial charge in [-0.15, -0.1) is 0 Å². The summed E-state index contributed by atoms with van der Waals surface area (Å²) in [4.78, 5) is 43.3. The molecule has 2 amide bonds. The first-order valence-electron chi connectivity index (χ1n) is 11.2. The minimum Gasteiger partial charge on any atom is -0.507 e. The van der Waals surface area contributed by atoms with Gasteiger partial charge in [-0.1, -0.05) is 25.1 Å². The number of aliphatic hydroxyl groups excluding tert-OH is 1. The lowest BCUT2D eigenvalue weighted by molar-refractivity contribution is -0.132. The number of hydrogen-bond acceptors (Lipinski definition) is 6. The van der Waals surface area contributed by atoms with E-state index >= 15 is 0 Å². The van der Waals surface area contributed by atoms with E-state index in [1.165, 1.54) is 11.8 Å². The lowest BCUT2D eigenvalue weighted by Gasteiger charge is -2.25. The zero-order chi connectivity index (χ0) is 24.9. The highest BCUT2D eigenvalue weighted by atomic mass is 16.5. The predicted octanol–water partition coefficient (Wildman–Crippen LogP) is 4.46. The predicted molar refractivity (Wildman–Crippen MR) is 132 cm³/mol. The summed E-state index contributed by atoms with van der Waals surface area (Å²) in [6, 6.07) is 15.9. The van der Waals surface area contributed by atoms with E-state index < -0.39 is 17.7 Å². The van der Waals surface area contributed by atoms with Crippen molar-refractivity contribution in [2.45, 2.75) is 26.3 Å². The lowest BCUT2D eigenvalue weighted by atomic mass is 9.96. The number of benzene rings is 2. The average Bonchev–Trinajstić information content (AvgIpc) is 3.13. The molecule has 1 fully saturated rings. The van der Waals surface area contributed by atoms with Crippen LogP contribution in [0.2, 0.25) is 0 Å². The molecule has 1 aliphatic heterocycles. The van der Waals surface area contributed by atoms with Crippen molar-refractivity contribution in [1.29, 1.82) is 0 Å². The first-order chi connectivity index (χ1) is 16.9. The molecule has 35 heavy (non-hydrogen) atoms. The number of nitrogens with one attached hydrogen (secondary N) is 1. The molecule has 0 radical (unpaired) electrons. The Morgan fingerprint density at radius 3 is 2.54 bits per heavy atom. The van der Waals surface area contributed by atoms with Crippen LogP contribution < -0.4 is 15.0 Å². The van der Waals surface area contributed by atoms with Gasteiger partial charge in [-0.05, 0) is 54.4 Å². The number of ether oxygens (including phenoxy) is 1. The second-order valence-electron chi connectivity index (χ2n) is 8.06. The maximum absolute atomic E-state index is 13.2. The number of pyridine rings is 1. The maximum Gasteiger partial charge on any atom is 0.300 e. The molecule has 1 aliphatic rings. The average molecular weight is 472 g/mol. The van der Waals surface area contributed by atoms with E-state index in [0.717, 1.165) is 6.42 Å². The molecule has 0 aliphatic carbocycles. The SMILES string of the molecule is CCCOc1cccc(/C(O)=C2/C(=O)C(=O)N(c3ccc(NC(C)=O)cc3)C2c2cccnc2)c1. The van der Waals surface area contributed by atoms with E-state index in [0.29, 0.717) is 34.9 Å². The Kier molecular flexibility index (Phi) is 6.91. The highest BCUT2D eigenvalue weighted by Crippen LogP contribution is 2.42. The first-order valence-corrected chi connectivity index (χ1v) is 11.2. The van der Waals surface area contributed by atoms with Crippen LogP contribution in [-0.2, 0) is 14.4 Å². The molecule has 0 bridgehead atoms. The molecule has 0 spiro atoms. The van der Waals surface area contributed by atoms with Crippen LogP contribution in [0.25, 0.3) is 5.76 Å². The van der Waals surface area contributed by atoms with Crippen molar-refractivity contribution in [3.63, 3.8) is 0 Å². The van der Waals surface area contributed by atoms with Crippen LogP contribution >= 0.6 is 0 Å². The molecule has 1 saturated heterocycles. The minimum absolute atomic E-state index is 0.0402. The van der Waals surface area contributed by atoms with Crippen LogP contribution in [0.3, 0.4) is 0 Å². The number of Topliss-reactive ketones (excluding diaryl/α,β-unsaturated/α-hetero) is 1. The third-order valence-corrected chi connectivity index (χ3v) is 5.49. The Bertz CT molecular complexity index is 1290. The monoisotopic (exact) mass is 471 g/mol. The number of ketones is 1. The molecule has 2 N–H and O–H groups in total. The van der Waals surface area contributed by atoms with E-state index in [4.69, 9.17) is 4.74 Å². The molecule has 1 unspecified atom stereocenters. The van der Waals surface area contributed by atoms with Crippen LogP contribution in [0.4, 0.5) is 11.4 Å². The lowest BCUT2D eigenvalue weighted by Crippen LogP contribution is -2.29. The number of aromatic nitrogens is 1. The van der Waals surface area contributed by atoms with E-state index in [1.807, 2.05) is 6.92 Å². The highest BCUT2D eigenvalue weighted by Gasteiger charge is 2.47. The standard InChI is InChI=1S/C27H25N3O5/c1-3-14-35-22-8-4-6-18(15-22)25(32)23-24(19-7-5-13-28-16-19)30(27(34)26(23)33)21-11-9-20(10-12-21)29-17(2)31/h4-13,15-16,24,32H,3,14H2,1-2H3,(H,29,31)/b25-23-. The van der Waals surface area contributed by atoms with Crippen LogP contribution in [0.5, 0.6) is 5.75 Å². The third kappa shape index (κ3) is 4.91. The van der Waals surface area contributed by atoms with Crippen molar-refractivity contribution >= 4 is 34.7 Å². The fourth-order valence-corrected chi connectivity index (χ4v) is 3.97. The number of nitrogens with zero attached hydrogens (tertiary/aromatic N) is 2. The molecular formula is C27H25N3O5. The van der Waals surface area contributed by atoms with Gasteiger partial charge in [-0.3, -0.25) is 24.3 Å². The Morgan fingerprint density at radius 1 is 1.11 bits per heavy atom. The topological polar surface area (TPSA) is 109 Å². The van der Waals surface area contributed by atoms with Gasteiger partial charge >= 0.3 is 0 Å². The smallest absolute Gasteiger partial charge is 0.300 e. The normalized spacial score (nSPS) is 16.9. The van der Waals surface area contributed by atoms with Gasteiger partial charge < -0.3 is 15.2 Å². The summed E-state index contributed by atoms with van der Waals surface area (Å²) in [5.74, 6) is -1.54. The maximum atomic E-state index is 13.2. The van der Waals surface area contributed by atoms with Gasteiger partial charge in [0.15, 0.2) is 0 Å². The number of amides is 2. The summed E-state index contributed by atoms with van der Waals surface area (Å²) in [5, 5.41) is 13.9. The van der Waals surface area contributed by atoms with Crippen molar-refractivity contribution in [2.75, 3.05) is 16.8 Å². The first kappa shape index (κ1) is 23.7. The number of aliphatic hydroxyl groups is 1. The molecule has 8 nitrogen and oxygen atoms in total. The van der Waals surface area contributed by atoms with E-state index in [1.54, 1.807) is 73.1 Å². The summed E-state index contributed by atoms with van der Waals surface area (Å²) in [6.07, 6.45) is 3.97. The molecule has 4 rings (SSSR count). The molecular weight excluding hydrogens is 446 g/mol. The van der Waals surface area contributed by atoms with Gasteiger partial charge in [0.1, 0.15) is 11.5 Å². The van der Waals surface area contributed by atoms with E-state index in [9.17, 15) is 19.5 Å². The summed E-state index contributed by atoms with van der Waals surface area (Å²) in [6.45, 7) is 3.90. The van der Waals surface area contributed by atoms with Gasteiger partial charge in [-0.2, -0.15) is 0 Å². The largest absolute Gasteiger partial charge is 0.507 e. The zero-order valence-electron chi connectivity index (χ0n) is 19.4. The van der Waals surface area contributed by atoms with Crippen molar-refractivity contribution in [2.24, 2.45) is 0 Å². The number of anilines is 2. The molecule has 1 aromatic heterocycles. The van der Waals surface area contributed by atoms with Crippen LogP contribution in [-0.4, -0.2) is 34.3 Å². The second kappa shape index (κ2) is 10.2. The van der Waals surface area contributed by atoms with Gasteiger partial charge in [-0.25, -0.2) is 0 Å². The highest BCUT2D eigenvalue weighted by molar-refractivity contribution is 6.51. The summed E-state index contributed by atoms with van der Waals surface area (Å²) >= 11 is 0.